The highest BCUT2D eigenvalue weighted by Gasteiger charge is 2.34. The van der Waals surface area contributed by atoms with E-state index in [9.17, 15) is 13.2 Å². The van der Waals surface area contributed by atoms with Crippen molar-refractivity contribution >= 4 is 17.3 Å². The fraction of sp³-hybridized carbons (Fsp3) is 0.500. The molecule has 0 bridgehead atoms. The number of nitrogens with one attached hydrogen (secondary N) is 1. The fourth-order valence-corrected chi connectivity index (χ4v) is 1.67. The highest BCUT2D eigenvalue weighted by Crippen LogP contribution is 2.38. The Balaban J connectivity index is 2.89. The lowest BCUT2D eigenvalue weighted by Gasteiger charge is -2.16. The third-order valence-corrected chi connectivity index (χ3v) is 2.66. The molecule has 0 aromatic heterocycles. The van der Waals surface area contributed by atoms with Crippen LogP contribution in [0.1, 0.15) is 25.8 Å². The number of hydrogen-bond acceptors (Lipinski definition) is 1. The molecule has 1 rings (SSSR count). The van der Waals surface area contributed by atoms with E-state index in [1.165, 1.54) is 12.1 Å². The van der Waals surface area contributed by atoms with Gasteiger partial charge in [-0.2, -0.15) is 13.2 Å². The first-order valence-electron chi connectivity index (χ1n) is 5.42. The second-order valence-electron chi connectivity index (χ2n) is 4.27. The Morgan fingerprint density at radius 2 is 1.94 bits per heavy atom. The molecule has 96 valence electrons. The van der Waals surface area contributed by atoms with Gasteiger partial charge in [-0.05, 0) is 24.5 Å². The summed E-state index contributed by atoms with van der Waals surface area (Å²) in [4.78, 5) is 0. The minimum Gasteiger partial charge on any atom is -0.383 e. The van der Waals surface area contributed by atoms with E-state index >= 15 is 0 Å². The van der Waals surface area contributed by atoms with Crippen molar-refractivity contribution in [2.75, 3.05) is 11.9 Å². The summed E-state index contributed by atoms with van der Waals surface area (Å²) in [7, 11) is 0. The Labute approximate surface area is 104 Å². The molecule has 1 nitrogen and oxygen atoms in total. The minimum atomic E-state index is -4.38. The highest BCUT2D eigenvalue weighted by molar-refractivity contribution is 6.33. The lowest BCUT2D eigenvalue weighted by atomic mass is 10.1. The molecule has 0 spiro atoms. The van der Waals surface area contributed by atoms with Gasteiger partial charge < -0.3 is 5.32 Å². The molecule has 1 aromatic carbocycles. The van der Waals surface area contributed by atoms with Crippen LogP contribution in [-0.2, 0) is 6.18 Å². The van der Waals surface area contributed by atoms with Gasteiger partial charge in [0.2, 0.25) is 0 Å². The van der Waals surface area contributed by atoms with Crippen molar-refractivity contribution in [2.24, 2.45) is 5.92 Å². The summed E-state index contributed by atoms with van der Waals surface area (Å²) < 4.78 is 38.1. The maximum Gasteiger partial charge on any atom is 0.418 e. The average Bonchev–Trinajstić information content (AvgIpc) is 2.18. The topological polar surface area (TPSA) is 12.0 Å². The molecule has 0 saturated heterocycles. The molecule has 0 aliphatic carbocycles. The molecule has 0 saturated carbocycles. The van der Waals surface area contributed by atoms with Crippen LogP contribution in [0, 0.1) is 5.92 Å². The van der Waals surface area contributed by atoms with Crippen LogP contribution in [0.3, 0.4) is 0 Å². The quantitative estimate of drug-likeness (QED) is 0.823. The number of alkyl halides is 3. The zero-order chi connectivity index (χ0) is 13.1. The molecule has 17 heavy (non-hydrogen) atoms. The summed E-state index contributed by atoms with van der Waals surface area (Å²) in [6.07, 6.45) is -3.59. The molecule has 0 fully saturated rings. The third kappa shape index (κ3) is 4.11. The average molecular weight is 266 g/mol. The van der Waals surface area contributed by atoms with Crippen LogP contribution in [0.4, 0.5) is 18.9 Å². The smallest absolute Gasteiger partial charge is 0.383 e. The monoisotopic (exact) mass is 265 g/mol. The zero-order valence-corrected chi connectivity index (χ0v) is 10.5. The largest absolute Gasteiger partial charge is 0.418 e. The Morgan fingerprint density at radius 3 is 2.47 bits per heavy atom. The normalized spacial score (nSPS) is 11.9. The molecular formula is C12H15ClF3N. The van der Waals surface area contributed by atoms with E-state index in [4.69, 9.17) is 11.6 Å². The van der Waals surface area contributed by atoms with Crippen molar-refractivity contribution in [1.82, 2.24) is 0 Å². The van der Waals surface area contributed by atoms with Crippen molar-refractivity contribution < 1.29 is 13.2 Å². The maximum atomic E-state index is 12.7. The van der Waals surface area contributed by atoms with Gasteiger partial charge in [-0.15, -0.1) is 0 Å². The van der Waals surface area contributed by atoms with Gasteiger partial charge in [0, 0.05) is 6.54 Å². The summed E-state index contributed by atoms with van der Waals surface area (Å²) in [5.74, 6) is 0.430. The predicted octanol–water partition coefficient (Wildman–Crippen LogP) is 4.82. The number of rotatable bonds is 4. The van der Waals surface area contributed by atoms with E-state index in [-0.39, 0.29) is 10.7 Å². The molecule has 1 N–H and O–H groups in total. The maximum absolute atomic E-state index is 12.7. The van der Waals surface area contributed by atoms with Gasteiger partial charge in [0.15, 0.2) is 0 Å². The van der Waals surface area contributed by atoms with E-state index in [2.05, 4.69) is 5.32 Å². The van der Waals surface area contributed by atoms with E-state index < -0.39 is 11.7 Å². The predicted molar refractivity (Wildman–Crippen MR) is 64.4 cm³/mol. The lowest BCUT2D eigenvalue weighted by molar-refractivity contribution is -0.136. The number of hydrogen-bond donors (Lipinski definition) is 1. The number of benzene rings is 1. The van der Waals surface area contributed by atoms with E-state index in [1.54, 1.807) is 0 Å². The standard InChI is InChI=1S/C12H15ClF3N/c1-8(2)6-7-17-11-9(12(14,15)16)4-3-5-10(11)13/h3-5,8,17H,6-7H2,1-2H3. The van der Waals surface area contributed by atoms with Crippen molar-refractivity contribution in [2.45, 2.75) is 26.4 Å². The first kappa shape index (κ1) is 14.2. The lowest BCUT2D eigenvalue weighted by Crippen LogP contribution is -2.13. The molecule has 1 aromatic rings. The molecule has 0 atom stereocenters. The second kappa shape index (κ2) is 5.63. The summed E-state index contributed by atoms with van der Waals surface area (Å²) in [5.41, 5.74) is -0.740. The third-order valence-electron chi connectivity index (χ3n) is 2.34. The van der Waals surface area contributed by atoms with E-state index in [0.29, 0.717) is 12.5 Å². The SMILES string of the molecule is CC(C)CCNc1c(Cl)cccc1C(F)(F)F. The van der Waals surface area contributed by atoms with Crippen molar-refractivity contribution in [3.8, 4) is 0 Å². The van der Waals surface area contributed by atoms with Crippen LogP contribution < -0.4 is 5.32 Å². The summed E-state index contributed by atoms with van der Waals surface area (Å²) in [6, 6.07) is 3.79. The van der Waals surface area contributed by atoms with Crippen molar-refractivity contribution in [3.63, 3.8) is 0 Å². The Morgan fingerprint density at radius 1 is 1.29 bits per heavy atom. The van der Waals surface area contributed by atoms with Crippen LogP contribution in [0.25, 0.3) is 0 Å². The molecule has 5 heteroatoms. The molecule has 0 radical (unpaired) electrons. The molecule has 0 heterocycles. The molecule has 0 aliphatic rings. The van der Waals surface area contributed by atoms with E-state index in [0.717, 1.165) is 12.5 Å². The number of para-hydroxylation sites is 1. The molecular weight excluding hydrogens is 251 g/mol. The van der Waals surface area contributed by atoms with Gasteiger partial charge in [-0.25, -0.2) is 0 Å². The van der Waals surface area contributed by atoms with Gasteiger partial charge in [-0.1, -0.05) is 31.5 Å². The van der Waals surface area contributed by atoms with Crippen LogP contribution in [-0.4, -0.2) is 6.54 Å². The Hall–Kier alpha value is -0.900. The van der Waals surface area contributed by atoms with Gasteiger partial charge in [0.25, 0.3) is 0 Å². The van der Waals surface area contributed by atoms with Gasteiger partial charge in [0.1, 0.15) is 0 Å². The summed E-state index contributed by atoms with van der Waals surface area (Å²) in [6.45, 7) is 4.50. The summed E-state index contributed by atoms with van der Waals surface area (Å²) in [5, 5.41) is 2.87. The zero-order valence-electron chi connectivity index (χ0n) is 9.74. The van der Waals surface area contributed by atoms with Crippen molar-refractivity contribution in [3.05, 3.63) is 28.8 Å². The van der Waals surface area contributed by atoms with Crippen LogP contribution in [0.5, 0.6) is 0 Å². The second-order valence-corrected chi connectivity index (χ2v) is 4.68. The first-order valence-corrected chi connectivity index (χ1v) is 5.79. The Bertz CT molecular complexity index is 375. The number of halogens is 4. The number of anilines is 1. The van der Waals surface area contributed by atoms with Crippen LogP contribution in [0.15, 0.2) is 18.2 Å². The van der Waals surface area contributed by atoms with Gasteiger partial charge in [0.05, 0.1) is 16.3 Å². The van der Waals surface area contributed by atoms with Gasteiger partial charge in [-0.3, -0.25) is 0 Å². The van der Waals surface area contributed by atoms with Crippen LogP contribution >= 0.6 is 11.6 Å². The van der Waals surface area contributed by atoms with E-state index in [1.807, 2.05) is 13.8 Å². The highest BCUT2D eigenvalue weighted by atomic mass is 35.5. The van der Waals surface area contributed by atoms with Crippen LogP contribution in [0.2, 0.25) is 5.02 Å². The van der Waals surface area contributed by atoms with Gasteiger partial charge >= 0.3 is 6.18 Å². The first-order chi connectivity index (χ1) is 7.82. The molecule has 0 unspecified atom stereocenters. The molecule has 0 amide bonds. The minimum absolute atomic E-state index is 0.0256. The summed E-state index contributed by atoms with van der Waals surface area (Å²) >= 11 is 5.79. The fourth-order valence-electron chi connectivity index (χ4n) is 1.43. The Kier molecular flexibility index (Phi) is 4.69. The molecule has 0 aliphatic heterocycles. The van der Waals surface area contributed by atoms with Crippen molar-refractivity contribution in [1.29, 1.82) is 0 Å².